The van der Waals surface area contributed by atoms with Crippen molar-refractivity contribution in [2.75, 3.05) is 18.4 Å². The van der Waals surface area contributed by atoms with Crippen LogP contribution in [0.25, 0.3) is 16.7 Å². The Bertz CT molecular complexity index is 1700. The number of aromatic amines is 1. The number of ether oxygens (including phenoxy) is 1. The Balaban J connectivity index is 1.41. The van der Waals surface area contributed by atoms with Gasteiger partial charge in [-0.25, -0.2) is 9.59 Å². The maximum absolute atomic E-state index is 13.0. The minimum atomic E-state index is -0.858. The van der Waals surface area contributed by atoms with Crippen LogP contribution in [0.1, 0.15) is 50.3 Å². The quantitative estimate of drug-likeness (QED) is 0.354. The Morgan fingerprint density at radius 2 is 1.75 bits per heavy atom. The number of halogens is 2. The molecule has 5 rings (SSSR count). The van der Waals surface area contributed by atoms with Crippen LogP contribution in [-0.4, -0.2) is 54.9 Å². The van der Waals surface area contributed by atoms with Crippen molar-refractivity contribution in [2.24, 2.45) is 0 Å². The first kappa shape index (κ1) is 27.5. The fourth-order valence-electron chi connectivity index (χ4n) is 4.74. The molecule has 0 radical (unpaired) electrons. The minimum absolute atomic E-state index is 0.114. The maximum Gasteiger partial charge on any atom is 0.439 e. The van der Waals surface area contributed by atoms with Gasteiger partial charge in [-0.3, -0.25) is 19.1 Å². The molecule has 1 saturated heterocycles. The molecule has 12 nitrogen and oxygen atoms in total. The number of anilines is 1. The number of H-pyrrole nitrogens is 1. The number of likely N-dealkylation sites (tertiary alicyclic amines) is 1. The van der Waals surface area contributed by atoms with Gasteiger partial charge in [0, 0.05) is 37.1 Å². The van der Waals surface area contributed by atoms with Crippen molar-refractivity contribution >= 4 is 51.9 Å². The highest BCUT2D eigenvalue weighted by molar-refractivity contribution is 6.38. The van der Waals surface area contributed by atoms with Crippen LogP contribution in [0.3, 0.4) is 0 Å². The van der Waals surface area contributed by atoms with Gasteiger partial charge in [0.15, 0.2) is 0 Å². The van der Waals surface area contributed by atoms with Gasteiger partial charge in [-0.05, 0) is 63.0 Å². The third-order valence-electron chi connectivity index (χ3n) is 6.44. The molecular formula is C26H26Cl2N6O6. The summed E-state index contributed by atoms with van der Waals surface area (Å²) in [4.78, 5) is 52.8. The number of carbonyl (C=O) groups excluding carboxylic acids is 2. The van der Waals surface area contributed by atoms with Gasteiger partial charge in [-0.15, -0.1) is 0 Å². The van der Waals surface area contributed by atoms with Crippen LogP contribution in [0.4, 0.5) is 10.5 Å². The lowest BCUT2D eigenvalue weighted by Gasteiger charge is -2.34. The van der Waals surface area contributed by atoms with Crippen LogP contribution in [0.15, 0.2) is 50.6 Å². The van der Waals surface area contributed by atoms with E-state index in [4.69, 9.17) is 27.9 Å². The van der Waals surface area contributed by atoms with Crippen molar-refractivity contribution in [1.29, 1.82) is 0 Å². The number of carbonyl (C=O) groups is 2. The highest BCUT2D eigenvalue weighted by Gasteiger charge is 2.29. The molecule has 2 N–H and O–H groups in total. The van der Waals surface area contributed by atoms with Crippen molar-refractivity contribution in [3.63, 3.8) is 0 Å². The normalized spacial score (nSPS) is 14.5. The molecule has 40 heavy (non-hydrogen) atoms. The second-order valence-electron chi connectivity index (χ2n) is 10.4. The number of benzene rings is 1. The van der Waals surface area contributed by atoms with Gasteiger partial charge in [0.1, 0.15) is 5.60 Å². The van der Waals surface area contributed by atoms with Gasteiger partial charge in [0.25, 0.3) is 11.5 Å². The predicted molar refractivity (Wildman–Crippen MR) is 149 cm³/mol. The molecule has 0 spiro atoms. The molecule has 0 bridgehead atoms. The molecule has 1 aromatic carbocycles. The zero-order chi connectivity index (χ0) is 28.8. The standard InChI is InChI=1S/C26H26Cl2N6O6/c1-26(2,3)39-25(38)32-9-6-15(7-10-32)34-19-8-11-33(18(19)4-5-20(34)35)21-16(27)12-14(13-17(21)28)29-23(36)22-30-24(37)40-31-22/h4-5,8,11-13,15H,6-7,9-10H2,1-3H3,(H,29,36)(H,30,31,37). The van der Waals surface area contributed by atoms with E-state index >= 15 is 0 Å². The Morgan fingerprint density at radius 1 is 1.07 bits per heavy atom. The van der Waals surface area contributed by atoms with E-state index in [0.29, 0.717) is 42.7 Å². The van der Waals surface area contributed by atoms with Crippen LogP contribution in [-0.2, 0) is 4.74 Å². The zero-order valence-corrected chi connectivity index (χ0v) is 23.4. The van der Waals surface area contributed by atoms with Crippen molar-refractivity contribution in [2.45, 2.75) is 45.3 Å². The topological polar surface area (TPSA) is 144 Å². The van der Waals surface area contributed by atoms with Gasteiger partial charge in [0.05, 0.1) is 26.8 Å². The largest absolute Gasteiger partial charge is 0.444 e. The molecule has 2 amide bonds. The fourth-order valence-corrected chi connectivity index (χ4v) is 5.41. The molecule has 1 aliphatic heterocycles. The summed E-state index contributed by atoms with van der Waals surface area (Å²) < 4.78 is 13.3. The van der Waals surface area contributed by atoms with E-state index in [1.54, 1.807) is 26.3 Å². The average molecular weight is 589 g/mol. The summed E-state index contributed by atoms with van der Waals surface area (Å²) in [6.07, 6.45) is 2.59. The number of hydrogen-bond donors (Lipinski definition) is 2. The highest BCUT2D eigenvalue weighted by atomic mass is 35.5. The number of aromatic nitrogens is 4. The number of piperidine rings is 1. The predicted octanol–water partition coefficient (Wildman–Crippen LogP) is 4.60. The van der Waals surface area contributed by atoms with E-state index in [2.05, 4.69) is 20.0 Å². The maximum atomic E-state index is 13.0. The number of nitrogens with zero attached hydrogens (tertiary/aromatic N) is 4. The third kappa shape index (κ3) is 5.50. The number of nitrogens with one attached hydrogen (secondary N) is 2. The lowest BCUT2D eigenvalue weighted by molar-refractivity contribution is 0.0189. The molecule has 0 saturated carbocycles. The van der Waals surface area contributed by atoms with Crippen LogP contribution in [0, 0.1) is 0 Å². The Morgan fingerprint density at radius 3 is 2.35 bits per heavy atom. The number of amides is 2. The summed E-state index contributed by atoms with van der Waals surface area (Å²) in [6, 6.07) is 7.92. The molecule has 4 heterocycles. The van der Waals surface area contributed by atoms with Crippen molar-refractivity contribution in [1.82, 2.24) is 24.2 Å². The zero-order valence-electron chi connectivity index (χ0n) is 21.9. The molecule has 0 aliphatic carbocycles. The van der Waals surface area contributed by atoms with Gasteiger partial charge in [0.2, 0.25) is 5.82 Å². The first-order valence-electron chi connectivity index (χ1n) is 12.5. The first-order chi connectivity index (χ1) is 18.9. The van der Waals surface area contributed by atoms with E-state index in [0.717, 1.165) is 0 Å². The summed E-state index contributed by atoms with van der Waals surface area (Å²) in [5, 5.41) is 6.37. The molecule has 1 aliphatic rings. The Kier molecular flexibility index (Phi) is 7.23. The summed E-state index contributed by atoms with van der Waals surface area (Å²) in [5.41, 5.74) is 1.40. The van der Waals surface area contributed by atoms with E-state index < -0.39 is 17.3 Å². The number of pyridine rings is 1. The second-order valence-corrected chi connectivity index (χ2v) is 11.2. The Labute approximate surface area is 237 Å². The smallest absolute Gasteiger partial charge is 0.439 e. The van der Waals surface area contributed by atoms with Crippen LogP contribution in [0.5, 0.6) is 0 Å². The van der Waals surface area contributed by atoms with Crippen LogP contribution in [0.2, 0.25) is 10.0 Å². The summed E-state index contributed by atoms with van der Waals surface area (Å²) in [7, 11) is 0. The average Bonchev–Trinajstić information content (AvgIpc) is 3.49. The lowest BCUT2D eigenvalue weighted by atomic mass is 10.0. The molecule has 4 aromatic rings. The van der Waals surface area contributed by atoms with Crippen LogP contribution < -0.4 is 16.6 Å². The van der Waals surface area contributed by atoms with Gasteiger partial charge >= 0.3 is 11.8 Å². The van der Waals surface area contributed by atoms with E-state index in [1.807, 2.05) is 26.8 Å². The number of fused-ring (bicyclic) bond motifs is 1. The minimum Gasteiger partial charge on any atom is -0.444 e. The second kappa shape index (κ2) is 10.5. The Hall–Kier alpha value is -4.03. The molecule has 210 valence electrons. The van der Waals surface area contributed by atoms with Crippen molar-refractivity contribution in [3.8, 4) is 5.69 Å². The van der Waals surface area contributed by atoms with E-state index in [1.165, 1.54) is 18.2 Å². The molecule has 0 atom stereocenters. The summed E-state index contributed by atoms with van der Waals surface area (Å²) in [5.74, 6) is -1.87. The SMILES string of the molecule is CC(C)(C)OC(=O)N1CCC(n2c(=O)ccc3c2ccn3-c2c(Cl)cc(NC(=O)c3noc(=O)[nH]3)cc2Cl)CC1. The van der Waals surface area contributed by atoms with Gasteiger partial charge < -0.3 is 24.1 Å². The van der Waals surface area contributed by atoms with Crippen molar-refractivity contribution < 1.29 is 18.8 Å². The fraction of sp³-hybridized carbons (Fsp3) is 0.346. The van der Waals surface area contributed by atoms with E-state index in [-0.39, 0.29) is 39.3 Å². The molecule has 14 heteroatoms. The summed E-state index contributed by atoms with van der Waals surface area (Å²) in [6.45, 7) is 6.41. The first-order valence-corrected chi connectivity index (χ1v) is 13.2. The molecular weight excluding hydrogens is 563 g/mol. The third-order valence-corrected chi connectivity index (χ3v) is 7.01. The molecule has 1 fully saturated rings. The highest BCUT2D eigenvalue weighted by Crippen LogP contribution is 2.35. The summed E-state index contributed by atoms with van der Waals surface area (Å²) >= 11 is 13.2. The van der Waals surface area contributed by atoms with E-state index in [9.17, 15) is 19.2 Å². The van der Waals surface area contributed by atoms with Gasteiger partial charge in [-0.1, -0.05) is 23.2 Å². The lowest BCUT2D eigenvalue weighted by Crippen LogP contribution is -2.43. The monoisotopic (exact) mass is 588 g/mol. The molecule has 3 aromatic heterocycles. The van der Waals surface area contributed by atoms with Crippen LogP contribution >= 0.6 is 23.2 Å². The number of rotatable bonds is 4. The van der Waals surface area contributed by atoms with Crippen molar-refractivity contribution in [3.05, 3.63) is 73.3 Å². The molecule has 0 unspecified atom stereocenters. The van der Waals surface area contributed by atoms with Gasteiger partial charge in [-0.2, -0.15) is 0 Å². The number of hydrogen-bond acceptors (Lipinski definition) is 7.